The monoisotopic (exact) mass is 401 g/mol. The smallest absolute Gasteiger partial charge is 0.348 e. The van der Waals surface area contributed by atoms with Crippen LogP contribution >= 0.6 is 27.3 Å². The molecular weight excluding hydrogens is 386 g/mol. The zero-order valence-corrected chi connectivity index (χ0v) is 14.9. The molecule has 1 aromatic rings. The third kappa shape index (κ3) is 4.47. The van der Waals surface area contributed by atoms with E-state index in [0.29, 0.717) is 3.79 Å². The molecule has 0 spiro atoms. The predicted octanol–water partition coefficient (Wildman–Crippen LogP) is 0.925. The van der Waals surface area contributed by atoms with Crippen molar-refractivity contribution in [3.05, 3.63) is 14.7 Å². The molecule has 0 saturated carbocycles. The Kier molecular flexibility index (Phi) is 6.75. The summed E-state index contributed by atoms with van der Waals surface area (Å²) in [4.78, 5) is 11.6. The maximum absolute atomic E-state index is 12.4. The van der Waals surface area contributed by atoms with Gasteiger partial charge in [0.05, 0.1) is 23.6 Å². The van der Waals surface area contributed by atoms with Gasteiger partial charge in [-0.05, 0) is 22.0 Å². The molecule has 1 unspecified atom stereocenters. The molecule has 0 saturated heterocycles. The summed E-state index contributed by atoms with van der Waals surface area (Å²) in [5.74, 6) is -0.607. The van der Waals surface area contributed by atoms with Crippen molar-refractivity contribution in [1.29, 1.82) is 0 Å². The molecule has 7 nitrogen and oxygen atoms in total. The molecule has 1 atom stereocenters. The third-order valence-electron chi connectivity index (χ3n) is 2.56. The summed E-state index contributed by atoms with van der Waals surface area (Å²) in [5.41, 5.74) is 0. The number of carbonyl (C=O) groups excluding carboxylic acids is 1. The van der Waals surface area contributed by atoms with Gasteiger partial charge in [0, 0.05) is 20.7 Å². The van der Waals surface area contributed by atoms with Crippen LogP contribution in [-0.4, -0.2) is 64.3 Å². The number of methoxy groups -OCH3 is 2. The highest BCUT2D eigenvalue weighted by Crippen LogP contribution is 2.33. The molecule has 1 rings (SSSR count). The number of aliphatic hydroxyl groups excluding tert-OH is 1. The summed E-state index contributed by atoms with van der Waals surface area (Å²) in [7, 11) is 0.145. The normalized spacial score (nSPS) is 13.4. The molecule has 1 aromatic heterocycles. The number of sulfonamides is 1. The second-order valence-electron chi connectivity index (χ2n) is 4.13. The molecule has 0 aliphatic carbocycles. The van der Waals surface area contributed by atoms with Gasteiger partial charge in [-0.25, -0.2) is 13.2 Å². The van der Waals surface area contributed by atoms with Gasteiger partial charge in [-0.1, -0.05) is 0 Å². The summed E-state index contributed by atoms with van der Waals surface area (Å²) >= 11 is 4.10. The number of ether oxygens (including phenoxy) is 2. The number of esters is 1. The number of hydrogen-bond acceptors (Lipinski definition) is 7. The van der Waals surface area contributed by atoms with Crippen molar-refractivity contribution in [2.24, 2.45) is 0 Å². The summed E-state index contributed by atoms with van der Waals surface area (Å²) in [6.45, 7) is -0.0932. The zero-order valence-electron chi connectivity index (χ0n) is 11.7. The van der Waals surface area contributed by atoms with E-state index in [1.54, 1.807) is 0 Å². The largest absolute Gasteiger partial charge is 0.465 e. The van der Waals surface area contributed by atoms with Gasteiger partial charge in [0.1, 0.15) is 9.77 Å². The molecular formula is C11H16BrNO6S2. The second kappa shape index (κ2) is 7.65. The lowest BCUT2D eigenvalue weighted by molar-refractivity contribution is 0.0554. The maximum Gasteiger partial charge on any atom is 0.348 e. The molecule has 0 aliphatic heterocycles. The van der Waals surface area contributed by atoms with E-state index < -0.39 is 22.1 Å². The Bertz CT molecular complexity index is 600. The second-order valence-corrected chi connectivity index (χ2v) is 8.52. The Balaban J connectivity index is 3.02. The first-order valence-electron chi connectivity index (χ1n) is 5.75. The standard InChI is InChI=1S/C11H16BrNO6S2/c1-13(5-7(14)6-18-2)21(16,17)9-4-8(11(15)19-3)20-10(9)12/h4,7,14H,5-6H2,1-3H3. The molecule has 10 heteroatoms. The van der Waals surface area contributed by atoms with Crippen LogP contribution in [0.25, 0.3) is 0 Å². The molecule has 1 heterocycles. The van der Waals surface area contributed by atoms with Crippen molar-refractivity contribution < 1.29 is 27.8 Å². The summed E-state index contributed by atoms with van der Waals surface area (Å²) in [5, 5.41) is 9.62. The van der Waals surface area contributed by atoms with Gasteiger partial charge in [0.15, 0.2) is 0 Å². The molecule has 0 aromatic carbocycles. The third-order valence-corrected chi connectivity index (χ3v) is 6.61. The van der Waals surface area contributed by atoms with E-state index in [4.69, 9.17) is 4.74 Å². The van der Waals surface area contributed by atoms with Crippen LogP contribution in [0, 0.1) is 0 Å². The SMILES string of the molecule is COCC(O)CN(C)S(=O)(=O)c1cc(C(=O)OC)sc1Br. The highest BCUT2D eigenvalue weighted by Gasteiger charge is 2.28. The van der Waals surface area contributed by atoms with Crippen LogP contribution in [0.5, 0.6) is 0 Å². The van der Waals surface area contributed by atoms with Gasteiger partial charge in [0.25, 0.3) is 0 Å². The molecule has 21 heavy (non-hydrogen) atoms. The van der Waals surface area contributed by atoms with Gasteiger partial charge < -0.3 is 14.6 Å². The summed E-state index contributed by atoms with van der Waals surface area (Å²) < 4.78 is 35.5. The highest BCUT2D eigenvalue weighted by atomic mass is 79.9. The van der Waals surface area contributed by atoms with Crippen molar-refractivity contribution in [3.8, 4) is 0 Å². The minimum atomic E-state index is -3.83. The topological polar surface area (TPSA) is 93.1 Å². The molecule has 120 valence electrons. The lowest BCUT2D eigenvalue weighted by atomic mass is 10.4. The average Bonchev–Trinajstić information content (AvgIpc) is 2.80. The van der Waals surface area contributed by atoms with E-state index in [9.17, 15) is 18.3 Å². The molecule has 0 radical (unpaired) electrons. The number of likely N-dealkylation sites (N-methyl/N-ethyl adjacent to an activating group) is 1. The molecule has 0 bridgehead atoms. The number of thiophene rings is 1. The molecule has 0 fully saturated rings. The Labute approximate surface area is 135 Å². The summed E-state index contributed by atoms with van der Waals surface area (Å²) in [6.07, 6.45) is -0.938. The average molecular weight is 402 g/mol. The Morgan fingerprint density at radius 3 is 2.67 bits per heavy atom. The Hall–Kier alpha value is -0.520. The van der Waals surface area contributed by atoms with Crippen LogP contribution in [0.15, 0.2) is 14.7 Å². The van der Waals surface area contributed by atoms with Crippen molar-refractivity contribution in [1.82, 2.24) is 4.31 Å². The molecule has 0 aliphatic rings. The predicted molar refractivity (Wildman–Crippen MR) is 81.1 cm³/mol. The van der Waals surface area contributed by atoms with E-state index >= 15 is 0 Å². The van der Waals surface area contributed by atoms with Gasteiger partial charge in [-0.2, -0.15) is 4.31 Å². The molecule has 0 amide bonds. The number of aliphatic hydroxyl groups is 1. The quantitative estimate of drug-likeness (QED) is 0.682. The van der Waals surface area contributed by atoms with E-state index in [1.165, 1.54) is 27.3 Å². The van der Waals surface area contributed by atoms with Gasteiger partial charge in [-0.15, -0.1) is 11.3 Å². The first kappa shape index (κ1) is 18.5. The fourth-order valence-corrected chi connectivity index (χ4v) is 5.17. The van der Waals surface area contributed by atoms with Crippen molar-refractivity contribution in [3.63, 3.8) is 0 Å². The highest BCUT2D eigenvalue weighted by molar-refractivity contribution is 9.11. The van der Waals surface area contributed by atoms with Gasteiger partial charge in [0.2, 0.25) is 10.0 Å². The minimum absolute atomic E-state index is 0.0259. The lowest BCUT2D eigenvalue weighted by Crippen LogP contribution is -2.36. The van der Waals surface area contributed by atoms with Crippen molar-refractivity contribution in [2.45, 2.75) is 11.0 Å². The van der Waals surface area contributed by atoms with Gasteiger partial charge >= 0.3 is 5.97 Å². The van der Waals surface area contributed by atoms with Crippen molar-refractivity contribution >= 4 is 43.3 Å². The van der Waals surface area contributed by atoms with Crippen molar-refractivity contribution in [2.75, 3.05) is 34.4 Å². The number of hydrogen-bond donors (Lipinski definition) is 1. The fraction of sp³-hybridized carbons (Fsp3) is 0.545. The van der Waals surface area contributed by atoms with Gasteiger partial charge in [-0.3, -0.25) is 0 Å². The van der Waals surface area contributed by atoms with Crippen LogP contribution < -0.4 is 0 Å². The molecule has 1 N–H and O–H groups in total. The van der Waals surface area contributed by atoms with E-state index in [0.717, 1.165) is 15.6 Å². The van der Waals surface area contributed by atoms with E-state index in [-0.39, 0.29) is 22.9 Å². The maximum atomic E-state index is 12.4. The van der Waals surface area contributed by atoms with E-state index in [1.807, 2.05) is 0 Å². The van der Waals surface area contributed by atoms with Crippen LogP contribution in [0.3, 0.4) is 0 Å². The fourth-order valence-electron chi connectivity index (χ4n) is 1.54. The van der Waals surface area contributed by atoms with Crippen LogP contribution in [0.2, 0.25) is 0 Å². The number of rotatable bonds is 7. The minimum Gasteiger partial charge on any atom is -0.465 e. The number of halogens is 1. The van der Waals surface area contributed by atoms with E-state index in [2.05, 4.69) is 20.7 Å². The number of nitrogens with zero attached hydrogens (tertiary/aromatic N) is 1. The first-order chi connectivity index (χ1) is 9.73. The van der Waals surface area contributed by atoms with Crippen LogP contribution in [-0.2, 0) is 19.5 Å². The lowest BCUT2D eigenvalue weighted by Gasteiger charge is -2.19. The van der Waals surface area contributed by atoms with Crippen LogP contribution in [0.1, 0.15) is 9.67 Å². The zero-order chi connectivity index (χ0) is 16.2. The number of carbonyl (C=O) groups is 1. The van der Waals surface area contributed by atoms with Crippen LogP contribution in [0.4, 0.5) is 0 Å². The summed E-state index contributed by atoms with van der Waals surface area (Å²) in [6, 6.07) is 1.25. The first-order valence-corrected chi connectivity index (χ1v) is 8.80. The Morgan fingerprint density at radius 1 is 1.52 bits per heavy atom. The Morgan fingerprint density at radius 2 is 2.14 bits per heavy atom.